The largest absolute Gasteiger partial charge is 0.348 e. The number of nitrogens with one attached hydrogen (secondary N) is 1. The number of carbonyl (C=O) groups excluding carboxylic acids is 1. The molecule has 1 heterocycles. The highest BCUT2D eigenvalue weighted by molar-refractivity contribution is 5.77. The van der Waals surface area contributed by atoms with Gasteiger partial charge in [0.25, 0.3) is 0 Å². The number of rotatable bonds is 5. The van der Waals surface area contributed by atoms with Crippen LogP contribution in [0.1, 0.15) is 44.3 Å². The molecular formula is C14H21N3O. The van der Waals surface area contributed by atoms with Gasteiger partial charge in [-0.25, -0.2) is 0 Å². The van der Waals surface area contributed by atoms with E-state index in [0.29, 0.717) is 13.0 Å². The van der Waals surface area contributed by atoms with Crippen molar-refractivity contribution in [1.29, 1.82) is 0 Å². The van der Waals surface area contributed by atoms with E-state index in [0.717, 1.165) is 18.5 Å². The van der Waals surface area contributed by atoms with Crippen molar-refractivity contribution >= 4 is 5.91 Å². The molecule has 4 nitrogen and oxygen atoms in total. The molecule has 98 valence electrons. The lowest BCUT2D eigenvalue weighted by molar-refractivity contribution is -0.125. The molecule has 1 saturated carbocycles. The molecule has 0 bridgehead atoms. The van der Waals surface area contributed by atoms with Gasteiger partial charge in [0.15, 0.2) is 0 Å². The summed E-state index contributed by atoms with van der Waals surface area (Å²) in [6, 6.07) is 5.68. The van der Waals surface area contributed by atoms with Crippen LogP contribution in [0, 0.1) is 5.41 Å². The molecule has 0 saturated heterocycles. The Bertz CT molecular complexity index is 395. The van der Waals surface area contributed by atoms with Crippen molar-refractivity contribution in [1.82, 2.24) is 10.3 Å². The van der Waals surface area contributed by atoms with Crippen LogP contribution < -0.4 is 11.1 Å². The third-order valence-corrected chi connectivity index (χ3v) is 3.89. The fourth-order valence-electron chi connectivity index (χ4n) is 2.47. The topological polar surface area (TPSA) is 68.0 Å². The minimum atomic E-state index is -0.0476. The molecule has 3 N–H and O–H groups in total. The first-order valence-corrected chi connectivity index (χ1v) is 6.56. The fourth-order valence-corrected chi connectivity index (χ4v) is 2.47. The molecule has 0 radical (unpaired) electrons. The number of hydrogen-bond acceptors (Lipinski definition) is 3. The van der Waals surface area contributed by atoms with Gasteiger partial charge in [-0.1, -0.05) is 12.5 Å². The fraction of sp³-hybridized carbons (Fsp3) is 0.571. The van der Waals surface area contributed by atoms with E-state index in [9.17, 15) is 4.79 Å². The van der Waals surface area contributed by atoms with Gasteiger partial charge in [0, 0.05) is 12.6 Å². The Hall–Kier alpha value is -1.42. The SMILES string of the molecule is C[C@H](NC(=O)CC1(CN)CCC1)c1ccccn1. The van der Waals surface area contributed by atoms with E-state index in [1.165, 1.54) is 6.42 Å². The van der Waals surface area contributed by atoms with Gasteiger partial charge in [-0.05, 0) is 43.9 Å². The first-order valence-electron chi connectivity index (χ1n) is 6.56. The Balaban J connectivity index is 1.88. The van der Waals surface area contributed by atoms with Gasteiger partial charge in [-0.3, -0.25) is 9.78 Å². The third-order valence-electron chi connectivity index (χ3n) is 3.89. The van der Waals surface area contributed by atoms with E-state index in [1.807, 2.05) is 25.1 Å². The smallest absolute Gasteiger partial charge is 0.221 e. The number of pyridine rings is 1. The standard InChI is InChI=1S/C14H21N3O/c1-11(12-5-2-3-8-16-12)17-13(18)9-14(10-15)6-4-7-14/h2-3,5,8,11H,4,6-7,9-10,15H2,1H3,(H,17,18)/t11-/m0/s1. The van der Waals surface area contributed by atoms with Crippen molar-refractivity contribution < 1.29 is 4.79 Å². The summed E-state index contributed by atoms with van der Waals surface area (Å²) in [5, 5.41) is 3.00. The van der Waals surface area contributed by atoms with Crippen molar-refractivity contribution in [3.8, 4) is 0 Å². The van der Waals surface area contributed by atoms with Crippen LogP contribution in [-0.2, 0) is 4.79 Å². The molecule has 1 aromatic heterocycles. The summed E-state index contributed by atoms with van der Waals surface area (Å²) >= 11 is 0. The van der Waals surface area contributed by atoms with Crippen LogP contribution in [0.25, 0.3) is 0 Å². The average molecular weight is 247 g/mol. The minimum Gasteiger partial charge on any atom is -0.348 e. The Kier molecular flexibility index (Phi) is 3.97. The molecule has 18 heavy (non-hydrogen) atoms. The molecule has 0 unspecified atom stereocenters. The highest BCUT2D eigenvalue weighted by Gasteiger charge is 2.37. The van der Waals surface area contributed by atoms with Crippen LogP contribution in [0.5, 0.6) is 0 Å². The van der Waals surface area contributed by atoms with Crippen molar-refractivity contribution in [3.63, 3.8) is 0 Å². The first-order chi connectivity index (χ1) is 8.65. The molecule has 1 aliphatic carbocycles. The average Bonchev–Trinajstić information content (AvgIpc) is 2.35. The summed E-state index contributed by atoms with van der Waals surface area (Å²) in [5.41, 5.74) is 6.72. The molecule has 0 spiro atoms. The second kappa shape index (κ2) is 5.48. The maximum atomic E-state index is 12.0. The van der Waals surface area contributed by atoms with Crippen molar-refractivity contribution in [3.05, 3.63) is 30.1 Å². The number of carbonyl (C=O) groups is 1. The molecule has 1 aliphatic rings. The number of amides is 1. The Morgan fingerprint density at radius 3 is 2.83 bits per heavy atom. The van der Waals surface area contributed by atoms with Crippen molar-refractivity contribution in [2.45, 2.75) is 38.6 Å². The summed E-state index contributed by atoms with van der Waals surface area (Å²) in [6.07, 6.45) is 5.63. The lowest BCUT2D eigenvalue weighted by Crippen LogP contribution is -2.42. The first kappa shape index (κ1) is 13.0. The summed E-state index contributed by atoms with van der Waals surface area (Å²) < 4.78 is 0. The molecule has 1 amide bonds. The number of aromatic nitrogens is 1. The highest BCUT2D eigenvalue weighted by atomic mass is 16.1. The van der Waals surface area contributed by atoms with Gasteiger partial charge in [-0.15, -0.1) is 0 Å². The van der Waals surface area contributed by atoms with Gasteiger partial charge in [0.05, 0.1) is 11.7 Å². The number of nitrogens with zero attached hydrogens (tertiary/aromatic N) is 1. The lowest BCUT2D eigenvalue weighted by Gasteiger charge is -2.40. The Labute approximate surface area is 108 Å². The predicted octanol–water partition coefficient (Wildman–Crippen LogP) is 1.78. The van der Waals surface area contributed by atoms with Gasteiger partial charge < -0.3 is 11.1 Å². The van der Waals surface area contributed by atoms with Gasteiger partial charge >= 0.3 is 0 Å². The van der Waals surface area contributed by atoms with E-state index in [-0.39, 0.29) is 17.4 Å². The number of nitrogens with two attached hydrogens (primary N) is 1. The van der Waals surface area contributed by atoms with Crippen LogP contribution >= 0.6 is 0 Å². The highest BCUT2D eigenvalue weighted by Crippen LogP contribution is 2.42. The predicted molar refractivity (Wildman–Crippen MR) is 70.8 cm³/mol. The van der Waals surface area contributed by atoms with E-state index < -0.39 is 0 Å². The molecule has 0 aliphatic heterocycles. The molecule has 2 rings (SSSR count). The maximum Gasteiger partial charge on any atom is 0.221 e. The van der Waals surface area contributed by atoms with E-state index in [4.69, 9.17) is 5.73 Å². The second-order valence-electron chi connectivity index (χ2n) is 5.28. The second-order valence-corrected chi connectivity index (χ2v) is 5.28. The van der Waals surface area contributed by atoms with Gasteiger partial charge in [0.1, 0.15) is 0 Å². The van der Waals surface area contributed by atoms with Gasteiger partial charge in [-0.2, -0.15) is 0 Å². The molecule has 0 aromatic carbocycles. The van der Waals surface area contributed by atoms with Crippen molar-refractivity contribution in [2.24, 2.45) is 11.1 Å². The molecule has 1 atom stereocenters. The summed E-state index contributed by atoms with van der Waals surface area (Å²) in [7, 11) is 0. The zero-order chi connectivity index (χ0) is 13.0. The van der Waals surface area contributed by atoms with Crippen LogP contribution in [0.3, 0.4) is 0 Å². The summed E-state index contributed by atoms with van der Waals surface area (Å²) in [6.45, 7) is 2.56. The zero-order valence-electron chi connectivity index (χ0n) is 10.9. The molecule has 1 aromatic rings. The van der Waals surface area contributed by atoms with E-state index in [2.05, 4.69) is 10.3 Å². The van der Waals surface area contributed by atoms with Gasteiger partial charge in [0.2, 0.25) is 5.91 Å². The maximum absolute atomic E-state index is 12.0. The van der Waals surface area contributed by atoms with E-state index in [1.54, 1.807) is 6.20 Å². The normalized spacial score (nSPS) is 18.8. The minimum absolute atomic E-state index is 0.0476. The molecule has 1 fully saturated rings. The molecular weight excluding hydrogens is 226 g/mol. The zero-order valence-corrected chi connectivity index (χ0v) is 10.9. The quantitative estimate of drug-likeness (QED) is 0.833. The van der Waals surface area contributed by atoms with E-state index >= 15 is 0 Å². The van der Waals surface area contributed by atoms with Crippen LogP contribution in [0.2, 0.25) is 0 Å². The monoisotopic (exact) mass is 247 g/mol. The van der Waals surface area contributed by atoms with Crippen LogP contribution in [0.15, 0.2) is 24.4 Å². The lowest BCUT2D eigenvalue weighted by atomic mass is 9.66. The Morgan fingerprint density at radius 2 is 2.33 bits per heavy atom. The Morgan fingerprint density at radius 1 is 1.56 bits per heavy atom. The van der Waals surface area contributed by atoms with Crippen molar-refractivity contribution in [2.75, 3.05) is 6.54 Å². The van der Waals surface area contributed by atoms with Crippen LogP contribution in [-0.4, -0.2) is 17.4 Å². The summed E-state index contributed by atoms with van der Waals surface area (Å²) in [5.74, 6) is 0.0818. The summed E-state index contributed by atoms with van der Waals surface area (Å²) in [4.78, 5) is 16.2. The van der Waals surface area contributed by atoms with Crippen LogP contribution in [0.4, 0.5) is 0 Å². The third kappa shape index (κ3) is 2.88. The molecule has 4 heteroatoms. The number of hydrogen-bond donors (Lipinski definition) is 2.